The summed E-state index contributed by atoms with van der Waals surface area (Å²) in [6, 6.07) is 0. The van der Waals surface area contributed by atoms with Crippen molar-refractivity contribution in [3.8, 4) is 0 Å². The van der Waals surface area contributed by atoms with Crippen LogP contribution in [0.15, 0.2) is 6.20 Å². The molecule has 1 aliphatic rings. The Hall–Kier alpha value is -1.85. The lowest BCUT2D eigenvalue weighted by Gasteiger charge is -2.15. The first kappa shape index (κ1) is 15.5. The van der Waals surface area contributed by atoms with Crippen LogP contribution >= 0.6 is 0 Å². The molecule has 1 aliphatic carbocycles. The highest BCUT2D eigenvalue weighted by Crippen LogP contribution is 2.38. The zero-order valence-corrected chi connectivity index (χ0v) is 12.8. The minimum atomic E-state index is -0.858. The van der Waals surface area contributed by atoms with Gasteiger partial charge in [0.2, 0.25) is 5.91 Å². The van der Waals surface area contributed by atoms with Crippen LogP contribution in [0, 0.1) is 24.7 Å². The van der Waals surface area contributed by atoms with Crippen LogP contribution in [0.5, 0.6) is 0 Å². The number of rotatable bonds is 5. The quantitative estimate of drug-likeness (QED) is 0.861. The summed E-state index contributed by atoms with van der Waals surface area (Å²) in [5.41, 5.74) is 1.96. The van der Waals surface area contributed by atoms with E-state index in [1.165, 1.54) is 0 Å². The number of amides is 1. The smallest absolute Gasteiger partial charge is 0.307 e. The molecule has 1 amide bonds. The predicted molar refractivity (Wildman–Crippen MR) is 77.4 cm³/mol. The molecule has 1 aromatic rings. The van der Waals surface area contributed by atoms with E-state index in [0.29, 0.717) is 25.3 Å². The fourth-order valence-corrected chi connectivity index (χ4v) is 3.07. The molecular formula is C15H23N3O3. The molecule has 0 bridgehead atoms. The molecule has 0 aromatic carbocycles. The monoisotopic (exact) mass is 293 g/mol. The van der Waals surface area contributed by atoms with Gasteiger partial charge in [-0.25, -0.2) is 0 Å². The zero-order valence-electron chi connectivity index (χ0n) is 12.8. The normalized spacial score (nSPS) is 25.0. The van der Waals surface area contributed by atoms with E-state index in [0.717, 1.165) is 17.7 Å². The van der Waals surface area contributed by atoms with Crippen LogP contribution in [0.3, 0.4) is 0 Å². The van der Waals surface area contributed by atoms with Crippen molar-refractivity contribution in [1.29, 1.82) is 0 Å². The second kappa shape index (κ2) is 6.28. The number of carboxylic acid groups (broad SMARTS) is 1. The highest BCUT2D eigenvalue weighted by Gasteiger charge is 2.41. The average Bonchev–Trinajstić information content (AvgIpc) is 3.02. The number of carbonyl (C=O) groups excluding carboxylic acids is 1. The van der Waals surface area contributed by atoms with Crippen molar-refractivity contribution in [3.05, 3.63) is 17.5 Å². The molecule has 0 saturated heterocycles. The summed E-state index contributed by atoms with van der Waals surface area (Å²) in [6.45, 7) is 4.39. The summed E-state index contributed by atoms with van der Waals surface area (Å²) in [6.07, 6.45) is 3.93. The predicted octanol–water partition coefficient (Wildman–Crippen LogP) is 1.48. The van der Waals surface area contributed by atoms with E-state index >= 15 is 0 Å². The maximum absolute atomic E-state index is 12.3. The van der Waals surface area contributed by atoms with Gasteiger partial charge in [-0.1, -0.05) is 13.3 Å². The van der Waals surface area contributed by atoms with Gasteiger partial charge in [0.25, 0.3) is 0 Å². The zero-order chi connectivity index (χ0) is 15.6. The Bertz CT molecular complexity index is 538. The summed E-state index contributed by atoms with van der Waals surface area (Å²) in [7, 11) is 1.85. The molecule has 3 atom stereocenters. The number of nitrogens with zero attached hydrogens (tertiary/aromatic N) is 2. The molecule has 21 heavy (non-hydrogen) atoms. The standard InChI is InChI=1S/C15H23N3O3/c1-4-10-5-12(13(6-10)15(20)21)14(19)16-7-11-8-17-18(3)9(11)2/h8,10,12-13H,4-7H2,1-3H3,(H,16,19)(H,20,21)/t10?,12-,13+/m0/s1. The number of aryl methyl sites for hydroxylation is 1. The molecular weight excluding hydrogens is 270 g/mol. The lowest BCUT2D eigenvalue weighted by atomic mass is 9.95. The SMILES string of the molecule is CCC1C[C@H](C(=O)NCc2cnn(C)c2C)[C@H](C(=O)O)C1. The second-order valence-corrected chi connectivity index (χ2v) is 5.89. The Kier molecular flexibility index (Phi) is 4.65. The highest BCUT2D eigenvalue weighted by molar-refractivity contribution is 5.85. The first-order chi connectivity index (χ1) is 9.93. The molecule has 116 valence electrons. The molecule has 1 heterocycles. The van der Waals surface area contributed by atoms with Gasteiger partial charge in [0, 0.05) is 24.8 Å². The minimum absolute atomic E-state index is 0.151. The Morgan fingerprint density at radius 2 is 2.10 bits per heavy atom. The van der Waals surface area contributed by atoms with Gasteiger partial charge < -0.3 is 10.4 Å². The summed E-state index contributed by atoms with van der Waals surface area (Å²) >= 11 is 0. The molecule has 1 fully saturated rings. The molecule has 2 N–H and O–H groups in total. The number of aliphatic carboxylic acids is 1. The lowest BCUT2D eigenvalue weighted by Crippen LogP contribution is -2.35. The van der Waals surface area contributed by atoms with Crippen molar-refractivity contribution in [1.82, 2.24) is 15.1 Å². The topological polar surface area (TPSA) is 84.2 Å². The van der Waals surface area contributed by atoms with Crippen molar-refractivity contribution >= 4 is 11.9 Å². The summed E-state index contributed by atoms with van der Waals surface area (Å²) in [4.78, 5) is 23.6. The Morgan fingerprint density at radius 1 is 1.43 bits per heavy atom. The second-order valence-electron chi connectivity index (χ2n) is 5.89. The number of hydrogen-bond donors (Lipinski definition) is 2. The van der Waals surface area contributed by atoms with Crippen LogP contribution in [0.1, 0.15) is 37.4 Å². The van der Waals surface area contributed by atoms with E-state index in [1.807, 2.05) is 20.9 Å². The lowest BCUT2D eigenvalue weighted by molar-refractivity contribution is -0.146. The number of aromatic nitrogens is 2. The van der Waals surface area contributed by atoms with Gasteiger partial charge in [-0.2, -0.15) is 5.10 Å². The van der Waals surface area contributed by atoms with Crippen molar-refractivity contribution < 1.29 is 14.7 Å². The fraction of sp³-hybridized carbons (Fsp3) is 0.667. The average molecular weight is 293 g/mol. The van der Waals surface area contributed by atoms with Gasteiger partial charge in [0.05, 0.1) is 18.0 Å². The first-order valence-electron chi connectivity index (χ1n) is 7.42. The molecule has 1 aromatic heterocycles. The summed E-state index contributed by atoms with van der Waals surface area (Å²) < 4.78 is 1.75. The third kappa shape index (κ3) is 3.25. The van der Waals surface area contributed by atoms with Gasteiger partial charge in [0.1, 0.15) is 0 Å². The number of hydrogen-bond acceptors (Lipinski definition) is 3. The van der Waals surface area contributed by atoms with Gasteiger partial charge in [-0.05, 0) is 25.7 Å². The van der Waals surface area contributed by atoms with Crippen molar-refractivity contribution in [2.45, 2.75) is 39.7 Å². The molecule has 0 radical (unpaired) electrons. The fourth-order valence-electron chi connectivity index (χ4n) is 3.07. The van der Waals surface area contributed by atoms with Crippen LogP contribution in [-0.4, -0.2) is 26.8 Å². The van der Waals surface area contributed by atoms with E-state index in [1.54, 1.807) is 10.9 Å². The highest BCUT2D eigenvalue weighted by atomic mass is 16.4. The number of carbonyl (C=O) groups is 2. The van der Waals surface area contributed by atoms with Gasteiger partial charge in [0.15, 0.2) is 0 Å². The van der Waals surface area contributed by atoms with E-state index in [-0.39, 0.29) is 5.91 Å². The van der Waals surface area contributed by atoms with E-state index in [2.05, 4.69) is 10.4 Å². The van der Waals surface area contributed by atoms with Crippen molar-refractivity contribution in [3.63, 3.8) is 0 Å². The molecule has 0 aliphatic heterocycles. The molecule has 1 saturated carbocycles. The molecule has 6 heteroatoms. The summed E-state index contributed by atoms with van der Waals surface area (Å²) in [5, 5.41) is 16.3. The first-order valence-corrected chi connectivity index (χ1v) is 7.42. The Labute approximate surface area is 124 Å². The van der Waals surface area contributed by atoms with Crippen LogP contribution in [0.2, 0.25) is 0 Å². The van der Waals surface area contributed by atoms with Crippen LogP contribution in [0.4, 0.5) is 0 Å². The maximum atomic E-state index is 12.3. The van der Waals surface area contributed by atoms with Crippen molar-refractivity contribution in [2.24, 2.45) is 24.8 Å². The molecule has 1 unspecified atom stereocenters. The van der Waals surface area contributed by atoms with E-state index in [4.69, 9.17) is 0 Å². The Morgan fingerprint density at radius 3 is 2.62 bits per heavy atom. The number of carboxylic acids is 1. The van der Waals surface area contributed by atoms with Crippen LogP contribution < -0.4 is 5.32 Å². The number of nitrogens with one attached hydrogen (secondary N) is 1. The van der Waals surface area contributed by atoms with Gasteiger partial charge in [-0.15, -0.1) is 0 Å². The largest absolute Gasteiger partial charge is 0.481 e. The van der Waals surface area contributed by atoms with Gasteiger partial charge in [-0.3, -0.25) is 14.3 Å². The molecule has 2 rings (SSSR count). The van der Waals surface area contributed by atoms with E-state index in [9.17, 15) is 14.7 Å². The minimum Gasteiger partial charge on any atom is -0.481 e. The van der Waals surface area contributed by atoms with Crippen LogP contribution in [-0.2, 0) is 23.2 Å². The molecule has 6 nitrogen and oxygen atoms in total. The Balaban J connectivity index is 1.99. The summed E-state index contributed by atoms with van der Waals surface area (Å²) in [5.74, 6) is -1.64. The maximum Gasteiger partial charge on any atom is 0.307 e. The third-order valence-corrected chi connectivity index (χ3v) is 4.68. The van der Waals surface area contributed by atoms with Crippen LogP contribution in [0.25, 0.3) is 0 Å². The third-order valence-electron chi connectivity index (χ3n) is 4.68. The van der Waals surface area contributed by atoms with E-state index < -0.39 is 17.8 Å². The van der Waals surface area contributed by atoms with Gasteiger partial charge >= 0.3 is 5.97 Å². The molecule has 0 spiro atoms. The van der Waals surface area contributed by atoms with Crippen molar-refractivity contribution in [2.75, 3.05) is 0 Å².